The molecule has 0 spiro atoms. The van der Waals surface area contributed by atoms with Crippen LogP contribution in [-0.4, -0.2) is 42.8 Å². The van der Waals surface area contributed by atoms with Crippen molar-refractivity contribution in [1.29, 1.82) is 0 Å². The predicted octanol–water partition coefficient (Wildman–Crippen LogP) is 3.39. The van der Waals surface area contributed by atoms with E-state index in [-0.39, 0.29) is 36.8 Å². The van der Waals surface area contributed by atoms with Crippen LogP contribution in [0.25, 0.3) is 11.1 Å². The van der Waals surface area contributed by atoms with E-state index in [0.717, 1.165) is 11.1 Å². The lowest BCUT2D eigenvalue weighted by atomic mass is 9.98. The SMILES string of the molecule is CCC(CNC(=O)OCC1c2ccccc2-c2ccccc21)C(=O)NC[C@H]1C[C@H]1C(=O)O. The Balaban J connectivity index is 1.26. The Morgan fingerprint density at radius 2 is 1.66 bits per heavy atom. The zero-order valence-electron chi connectivity index (χ0n) is 18.0. The number of ether oxygens (including phenoxy) is 1. The van der Waals surface area contributed by atoms with Crippen molar-refractivity contribution < 1.29 is 24.2 Å². The molecule has 168 valence electrons. The van der Waals surface area contributed by atoms with Gasteiger partial charge in [0.05, 0.1) is 11.8 Å². The van der Waals surface area contributed by atoms with Crippen molar-refractivity contribution in [2.45, 2.75) is 25.7 Å². The molecule has 0 bridgehead atoms. The summed E-state index contributed by atoms with van der Waals surface area (Å²) >= 11 is 0. The second-order valence-electron chi connectivity index (χ2n) is 8.50. The third kappa shape index (κ3) is 4.61. The molecule has 0 saturated heterocycles. The topological polar surface area (TPSA) is 105 Å². The molecule has 3 atom stereocenters. The van der Waals surface area contributed by atoms with Gasteiger partial charge in [-0.1, -0.05) is 55.5 Å². The molecule has 1 unspecified atom stereocenters. The van der Waals surface area contributed by atoms with Gasteiger partial charge in [-0.3, -0.25) is 9.59 Å². The smallest absolute Gasteiger partial charge is 0.407 e. The number of amides is 2. The first kappa shape index (κ1) is 21.9. The van der Waals surface area contributed by atoms with Crippen LogP contribution in [0.1, 0.15) is 36.8 Å². The van der Waals surface area contributed by atoms with Gasteiger partial charge >= 0.3 is 12.1 Å². The van der Waals surface area contributed by atoms with E-state index < -0.39 is 18.0 Å². The molecule has 0 heterocycles. The van der Waals surface area contributed by atoms with Gasteiger partial charge in [0.15, 0.2) is 0 Å². The van der Waals surface area contributed by atoms with E-state index >= 15 is 0 Å². The summed E-state index contributed by atoms with van der Waals surface area (Å²) < 4.78 is 5.52. The van der Waals surface area contributed by atoms with Crippen LogP contribution in [0.3, 0.4) is 0 Å². The number of nitrogens with one attached hydrogen (secondary N) is 2. The number of carboxylic acid groups (broad SMARTS) is 1. The Bertz CT molecular complexity index is 975. The molecule has 3 N–H and O–H groups in total. The zero-order valence-corrected chi connectivity index (χ0v) is 18.0. The van der Waals surface area contributed by atoms with Gasteiger partial charge in [-0.05, 0) is 41.0 Å². The molecule has 4 rings (SSSR count). The highest BCUT2D eigenvalue weighted by Gasteiger charge is 2.43. The summed E-state index contributed by atoms with van der Waals surface area (Å²) in [7, 11) is 0. The fraction of sp³-hybridized carbons (Fsp3) is 0.400. The van der Waals surface area contributed by atoms with Crippen LogP contribution < -0.4 is 10.6 Å². The van der Waals surface area contributed by atoms with Crippen LogP contribution in [0.5, 0.6) is 0 Å². The van der Waals surface area contributed by atoms with Gasteiger partial charge in [-0.2, -0.15) is 0 Å². The summed E-state index contributed by atoms with van der Waals surface area (Å²) in [6.45, 7) is 2.63. The Labute approximate surface area is 187 Å². The highest BCUT2D eigenvalue weighted by Crippen LogP contribution is 2.44. The molecule has 1 saturated carbocycles. The number of alkyl carbamates (subject to hydrolysis) is 1. The van der Waals surface area contributed by atoms with E-state index in [1.165, 1.54) is 11.1 Å². The Morgan fingerprint density at radius 1 is 1.03 bits per heavy atom. The van der Waals surface area contributed by atoms with Crippen molar-refractivity contribution in [3.63, 3.8) is 0 Å². The van der Waals surface area contributed by atoms with Gasteiger partial charge in [0.2, 0.25) is 5.91 Å². The molecule has 32 heavy (non-hydrogen) atoms. The Kier molecular flexibility index (Phi) is 6.44. The molecule has 0 aromatic heterocycles. The molecule has 7 heteroatoms. The summed E-state index contributed by atoms with van der Waals surface area (Å²) in [5.74, 6) is -1.74. The Morgan fingerprint density at radius 3 is 2.22 bits per heavy atom. The fourth-order valence-corrected chi connectivity index (χ4v) is 4.43. The van der Waals surface area contributed by atoms with Crippen molar-refractivity contribution in [3.05, 3.63) is 59.7 Å². The van der Waals surface area contributed by atoms with Crippen molar-refractivity contribution in [2.24, 2.45) is 17.8 Å². The maximum absolute atomic E-state index is 12.4. The van der Waals surface area contributed by atoms with Gasteiger partial charge < -0.3 is 20.5 Å². The van der Waals surface area contributed by atoms with Crippen molar-refractivity contribution >= 4 is 18.0 Å². The minimum atomic E-state index is -0.812. The minimum Gasteiger partial charge on any atom is -0.481 e. The van der Waals surface area contributed by atoms with Crippen LogP contribution in [-0.2, 0) is 14.3 Å². The zero-order chi connectivity index (χ0) is 22.7. The van der Waals surface area contributed by atoms with E-state index in [4.69, 9.17) is 9.84 Å². The average molecular weight is 437 g/mol. The fourth-order valence-electron chi connectivity index (χ4n) is 4.43. The maximum atomic E-state index is 12.4. The average Bonchev–Trinajstić information content (AvgIpc) is 3.52. The molecule has 2 aliphatic carbocycles. The van der Waals surface area contributed by atoms with E-state index in [1.54, 1.807) is 0 Å². The maximum Gasteiger partial charge on any atom is 0.407 e. The standard InChI is InChI=1S/C25H28N2O5/c1-2-15(23(28)26-13-16-11-21(16)24(29)30)12-27-25(31)32-14-22-19-9-5-3-7-17(19)18-8-4-6-10-20(18)22/h3-10,15-16,21-22H,2,11-14H2,1H3,(H,26,28)(H,27,31)(H,29,30)/t15?,16-,21-/m1/s1. The van der Waals surface area contributed by atoms with Crippen LogP contribution in [0, 0.1) is 17.8 Å². The van der Waals surface area contributed by atoms with Crippen LogP contribution in [0.15, 0.2) is 48.5 Å². The minimum absolute atomic E-state index is 0.00375. The van der Waals surface area contributed by atoms with E-state index in [0.29, 0.717) is 19.4 Å². The van der Waals surface area contributed by atoms with Gasteiger partial charge in [-0.15, -0.1) is 0 Å². The highest BCUT2D eigenvalue weighted by molar-refractivity contribution is 5.81. The van der Waals surface area contributed by atoms with Crippen LogP contribution in [0.2, 0.25) is 0 Å². The first-order valence-corrected chi connectivity index (χ1v) is 11.1. The lowest BCUT2D eigenvalue weighted by Gasteiger charge is -2.17. The van der Waals surface area contributed by atoms with Crippen molar-refractivity contribution in [3.8, 4) is 11.1 Å². The second-order valence-corrected chi connectivity index (χ2v) is 8.50. The number of carboxylic acids is 1. The summed E-state index contributed by atoms with van der Waals surface area (Å²) in [6.07, 6.45) is 0.610. The summed E-state index contributed by atoms with van der Waals surface area (Å²) in [5.41, 5.74) is 4.63. The summed E-state index contributed by atoms with van der Waals surface area (Å²) in [5, 5.41) is 14.5. The molecule has 1 fully saturated rings. The van der Waals surface area contributed by atoms with Gasteiger partial charge in [0.25, 0.3) is 0 Å². The number of benzene rings is 2. The monoisotopic (exact) mass is 436 g/mol. The number of carbonyl (C=O) groups is 3. The molecule has 2 aliphatic rings. The van der Waals surface area contributed by atoms with Gasteiger partial charge in [0.1, 0.15) is 6.61 Å². The van der Waals surface area contributed by atoms with Crippen LogP contribution >= 0.6 is 0 Å². The molecule has 2 aromatic carbocycles. The summed E-state index contributed by atoms with van der Waals surface area (Å²) in [6, 6.07) is 16.3. The van der Waals surface area contributed by atoms with Gasteiger partial charge in [-0.25, -0.2) is 4.79 Å². The first-order chi connectivity index (χ1) is 15.5. The number of aliphatic carboxylic acids is 1. The van der Waals surface area contributed by atoms with E-state index in [2.05, 4.69) is 34.9 Å². The number of hydrogen-bond acceptors (Lipinski definition) is 4. The highest BCUT2D eigenvalue weighted by atomic mass is 16.5. The molecule has 7 nitrogen and oxygen atoms in total. The number of fused-ring (bicyclic) bond motifs is 3. The lowest BCUT2D eigenvalue weighted by Crippen LogP contribution is -2.39. The lowest BCUT2D eigenvalue weighted by molar-refractivity contribution is -0.139. The van der Waals surface area contributed by atoms with Crippen molar-refractivity contribution in [1.82, 2.24) is 10.6 Å². The van der Waals surface area contributed by atoms with Gasteiger partial charge in [0, 0.05) is 19.0 Å². The number of rotatable bonds is 9. The normalized spacial score (nSPS) is 19.4. The molecule has 2 aromatic rings. The quantitative estimate of drug-likeness (QED) is 0.559. The molecule has 0 aliphatic heterocycles. The molecule has 2 amide bonds. The molecular formula is C25H28N2O5. The predicted molar refractivity (Wildman–Crippen MR) is 119 cm³/mol. The largest absolute Gasteiger partial charge is 0.481 e. The third-order valence-electron chi connectivity index (χ3n) is 6.48. The first-order valence-electron chi connectivity index (χ1n) is 11.1. The Hall–Kier alpha value is -3.35. The molecular weight excluding hydrogens is 408 g/mol. The van der Waals surface area contributed by atoms with Crippen LogP contribution in [0.4, 0.5) is 4.79 Å². The number of carbonyl (C=O) groups excluding carboxylic acids is 2. The third-order valence-corrected chi connectivity index (χ3v) is 6.48. The number of hydrogen-bond donors (Lipinski definition) is 3. The van der Waals surface area contributed by atoms with E-state index in [1.807, 2.05) is 31.2 Å². The second kappa shape index (κ2) is 9.42. The van der Waals surface area contributed by atoms with E-state index in [9.17, 15) is 14.4 Å². The summed E-state index contributed by atoms with van der Waals surface area (Å²) in [4.78, 5) is 35.6. The molecule has 0 radical (unpaired) electrons. The van der Waals surface area contributed by atoms with Crippen molar-refractivity contribution in [2.75, 3.05) is 19.7 Å².